The lowest BCUT2D eigenvalue weighted by Crippen LogP contribution is -2.13. The van der Waals surface area contributed by atoms with Crippen molar-refractivity contribution in [3.05, 3.63) is 53.3 Å². The molecule has 0 saturated heterocycles. The maximum atomic E-state index is 13.7. The van der Waals surface area contributed by atoms with Crippen LogP contribution < -0.4 is 15.8 Å². The first-order chi connectivity index (χ1) is 10.0. The molecule has 0 aromatic heterocycles. The number of hydrogen-bond acceptors (Lipinski definition) is 3. The van der Waals surface area contributed by atoms with Crippen LogP contribution in [0.15, 0.2) is 36.4 Å². The number of amides is 1. The molecule has 5 heteroatoms. The monoisotopic (exact) mass is 288 g/mol. The molecule has 0 radical (unpaired) electrons. The van der Waals surface area contributed by atoms with Crippen LogP contribution in [0.3, 0.4) is 0 Å². The van der Waals surface area contributed by atoms with Crippen molar-refractivity contribution in [2.24, 2.45) is 0 Å². The van der Waals surface area contributed by atoms with Crippen LogP contribution >= 0.6 is 0 Å². The topological polar surface area (TPSA) is 64.3 Å². The standard InChI is InChI=1S/C16H17FN2O2/c1-3-21-15-7-5-11(9-13(15)18)16(20)19-14-6-4-10(2)8-12(14)17/h4-9H,3,18H2,1-2H3,(H,19,20). The Morgan fingerprint density at radius 3 is 2.67 bits per heavy atom. The van der Waals surface area contributed by atoms with Crippen molar-refractivity contribution in [2.75, 3.05) is 17.7 Å². The highest BCUT2D eigenvalue weighted by atomic mass is 19.1. The van der Waals surface area contributed by atoms with Crippen molar-refractivity contribution in [3.8, 4) is 5.75 Å². The first kappa shape index (κ1) is 14.8. The third kappa shape index (κ3) is 3.51. The molecule has 0 spiro atoms. The molecule has 0 bridgehead atoms. The Hall–Kier alpha value is -2.56. The number of carbonyl (C=O) groups excluding carboxylic acids is 1. The van der Waals surface area contributed by atoms with Gasteiger partial charge in [0, 0.05) is 5.56 Å². The molecule has 2 rings (SSSR count). The van der Waals surface area contributed by atoms with Gasteiger partial charge in [-0.05, 0) is 49.7 Å². The third-order valence-electron chi connectivity index (χ3n) is 2.94. The molecule has 21 heavy (non-hydrogen) atoms. The van der Waals surface area contributed by atoms with E-state index in [-0.39, 0.29) is 5.69 Å². The Morgan fingerprint density at radius 1 is 1.29 bits per heavy atom. The number of hydrogen-bond donors (Lipinski definition) is 2. The largest absolute Gasteiger partial charge is 0.492 e. The number of ether oxygens (including phenoxy) is 1. The van der Waals surface area contributed by atoms with E-state index in [0.717, 1.165) is 5.56 Å². The number of halogens is 1. The number of nitrogens with one attached hydrogen (secondary N) is 1. The Kier molecular flexibility index (Phi) is 4.42. The first-order valence-corrected chi connectivity index (χ1v) is 6.61. The predicted octanol–water partition coefficient (Wildman–Crippen LogP) is 3.37. The fraction of sp³-hybridized carbons (Fsp3) is 0.188. The quantitative estimate of drug-likeness (QED) is 0.848. The summed E-state index contributed by atoms with van der Waals surface area (Å²) in [5, 5.41) is 2.52. The minimum Gasteiger partial charge on any atom is -0.492 e. The molecular formula is C16H17FN2O2. The lowest BCUT2D eigenvalue weighted by Gasteiger charge is -2.10. The summed E-state index contributed by atoms with van der Waals surface area (Å²) in [7, 11) is 0. The molecule has 4 nitrogen and oxygen atoms in total. The zero-order valence-corrected chi connectivity index (χ0v) is 11.9. The summed E-state index contributed by atoms with van der Waals surface area (Å²) in [6, 6.07) is 9.34. The van der Waals surface area contributed by atoms with Crippen molar-refractivity contribution in [1.29, 1.82) is 0 Å². The molecule has 2 aromatic carbocycles. The molecule has 0 saturated carbocycles. The molecule has 0 atom stereocenters. The summed E-state index contributed by atoms with van der Waals surface area (Å²) >= 11 is 0. The third-order valence-corrected chi connectivity index (χ3v) is 2.94. The summed E-state index contributed by atoms with van der Waals surface area (Å²) in [5.41, 5.74) is 7.45. The smallest absolute Gasteiger partial charge is 0.255 e. The van der Waals surface area contributed by atoms with Crippen molar-refractivity contribution in [3.63, 3.8) is 0 Å². The summed E-state index contributed by atoms with van der Waals surface area (Å²) < 4.78 is 19.0. The van der Waals surface area contributed by atoms with Gasteiger partial charge < -0.3 is 15.8 Å². The number of anilines is 2. The zero-order valence-electron chi connectivity index (χ0n) is 11.9. The Bertz CT molecular complexity index is 671. The average molecular weight is 288 g/mol. The van der Waals surface area contributed by atoms with Gasteiger partial charge in [0.05, 0.1) is 18.0 Å². The minimum absolute atomic E-state index is 0.137. The van der Waals surface area contributed by atoms with E-state index in [2.05, 4.69) is 5.32 Å². The van der Waals surface area contributed by atoms with Gasteiger partial charge in [-0.25, -0.2) is 4.39 Å². The highest BCUT2D eigenvalue weighted by molar-refractivity contribution is 6.05. The van der Waals surface area contributed by atoms with Gasteiger partial charge in [0.1, 0.15) is 11.6 Å². The second kappa shape index (κ2) is 6.26. The fourth-order valence-corrected chi connectivity index (χ4v) is 1.89. The molecule has 0 unspecified atom stereocenters. The van der Waals surface area contributed by atoms with Gasteiger partial charge in [-0.15, -0.1) is 0 Å². The van der Waals surface area contributed by atoms with E-state index in [4.69, 9.17) is 10.5 Å². The van der Waals surface area contributed by atoms with E-state index in [1.54, 1.807) is 25.1 Å². The lowest BCUT2D eigenvalue weighted by molar-refractivity contribution is 0.102. The van der Waals surface area contributed by atoms with Gasteiger partial charge in [-0.3, -0.25) is 4.79 Å². The second-order valence-electron chi connectivity index (χ2n) is 4.62. The minimum atomic E-state index is -0.470. The molecular weight excluding hydrogens is 271 g/mol. The molecule has 1 amide bonds. The highest BCUT2D eigenvalue weighted by Crippen LogP contribution is 2.23. The Morgan fingerprint density at radius 2 is 2.05 bits per heavy atom. The number of aryl methyl sites for hydroxylation is 1. The Balaban J connectivity index is 2.18. The highest BCUT2D eigenvalue weighted by Gasteiger charge is 2.11. The van der Waals surface area contributed by atoms with Crippen LogP contribution in [0.5, 0.6) is 5.75 Å². The molecule has 110 valence electrons. The molecule has 0 aliphatic rings. The van der Waals surface area contributed by atoms with Gasteiger partial charge in [0.25, 0.3) is 5.91 Å². The van der Waals surface area contributed by atoms with Crippen LogP contribution in [-0.2, 0) is 0 Å². The van der Waals surface area contributed by atoms with Gasteiger partial charge >= 0.3 is 0 Å². The fourth-order valence-electron chi connectivity index (χ4n) is 1.89. The maximum absolute atomic E-state index is 13.7. The van der Waals surface area contributed by atoms with E-state index < -0.39 is 11.7 Å². The van der Waals surface area contributed by atoms with Crippen LogP contribution in [0.4, 0.5) is 15.8 Å². The number of rotatable bonds is 4. The van der Waals surface area contributed by atoms with Crippen molar-refractivity contribution in [1.82, 2.24) is 0 Å². The number of benzene rings is 2. The maximum Gasteiger partial charge on any atom is 0.255 e. The average Bonchev–Trinajstić information content (AvgIpc) is 2.44. The molecule has 0 heterocycles. The second-order valence-corrected chi connectivity index (χ2v) is 4.62. The van der Waals surface area contributed by atoms with Crippen LogP contribution in [0.1, 0.15) is 22.8 Å². The molecule has 0 aliphatic carbocycles. The van der Waals surface area contributed by atoms with Gasteiger partial charge in [0.15, 0.2) is 0 Å². The van der Waals surface area contributed by atoms with E-state index in [1.165, 1.54) is 18.2 Å². The number of nitrogen functional groups attached to an aromatic ring is 1. The summed E-state index contributed by atoms with van der Waals surface area (Å²) in [6.07, 6.45) is 0. The number of nitrogens with two attached hydrogens (primary N) is 1. The molecule has 3 N–H and O–H groups in total. The molecule has 0 fully saturated rings. The van der Waals surface area contributed by atoms with E-state index >= 15 is 0 Å². The summed E-state index contributed by atoms with van der Waals surface area (Å²) in [5.74, 6) is -0.370. The van der Waals surface area contributed by atoms with Crippen molar-refractivity contribution < 1.29 is 13.9 Å². The van der Waals surface area contributed by atoms with Gasteiger partial charge in [-0.2, -0.15) is 0 Å². The predicted molar refractivity (Wildman–Crippen MR) is 81.1 cm³/mol. The zero-order chi connectivity index (χ0) is 15.4. The molecule has 0 aliphatic heterocycles. The van der Waals surface area contributed by atoms with E-state index in [1.807, 2.05) is 6.92 Å². The number of carbonyl (C=O) groups is 1. The van der Waals surface area contributed by atoms with Crippen LogP contribution in [0, 0.1) is 12.7 Å². The summed E-state index contributed by atoms with van der Waals surface area (Å²) in [4.78, 5) is 12.1. The van der Waals surface area contributed by atoms with E-state index in [0.29, 0.717) is 23.6 Å². The van der Waals surface area contributed by atoms with Crippen LogP contribution in [-0.4, -0.2) is 12.5 Å². The molecule has 2 aromatic rings. The lowest BCUT2D eigenvalue weighted by atomic mass is 10.1. The van der Waals surface area contributed by atoms with Crippen molar-refractivity contribution in [2.45, 2.75) is 13.8 Å². The van der Waals surface area contributed by atoms with Crippen LogP contribution in [0.2, 0.25) is 0 Å². The SMILES string of the molecule is CCOc1ccc(C(=O)Nc2ccc(C)cc2F)cc1N. The van der Waals surface area contributed by atoms with Gasteiger partial charge in [0.2, 0.25) is 0 Å². The Labute approximate surface area is 122 Å². The normalized spacial score (nSPS) is 10.2. The van der Waals surface area contributed by atoms with Crippen molar-refractivity contribution >= 4 is 17.3 Å². The first-order valence-electron chi connectivity index (χ1n) is 6.61. The van der Waals surface area contributed by atoms with E-state index in [9.17, 15) is 9.18 Å². The van der Waals surface area contributed by atoms with Crippen LogP contribution in [0.25, 0.3) is 0 Å². The summed E-state index contributed by atoms with van der Waals surface area (Å²) in [6.45, 7) is 4.12. The van der Waals surface area contributed by atoms with Gasteiger partial charge in [-0.1, -0.05) is 6.07 Å².